The van der Waals surface area contributed by atoms with Gasteiger partial charge in [-0.15, -0.1) is 0 Å². The van der Waals surface area contributed by atoms with Gasteiger partial charge in [-0.05, 0) is 31.3 Å². The lowest BCUT2D eigenvalue weighted by Gasteiger charge is -2.14. The highest BCUT2D eigenvalue weighted by atomic mass is 32.2. The van der Waals surface area contributed by atoms with Gasteiger partial charge in [-0.1, -0.05) is 0 Å². The number of anilines is 1. The molecule has 0 spiro atoms. The molecular weight excluding hydrogens is 256 g/mol. The maximum Gasteiger partial charge on any atom is 0.258 e. The average molecular weight is 266 g/mol. The Morgan fingerprint density at radius 1 is 1.00 bits per heavy atom. The third kappa shape index (κ3) is 2.05. The van der Waals surface area contributed by atoms with Crippen molar-refractivity contribution in [2.24, 2.45) is 0 Å². The maximum absolute atomic E-state index is 11.5. The van der Waals surface area contributed by atoms with E-state index >= 15 is 0 Å². The molecule has 0 radical (unpaired) electrons. The molecule has 0 atom stereocenters. The summed E-state index contributed by atoms with van der Waals surface area (Å²) in [4.78, 5) is 23.9. The van der Waals surface area contributed by atoms with Crippen molar-refractivity contribution in [3.8, 4) is 0 Å². The molecule has 18 heavy (non-hydrogen) atoms. The van der Waals surface area contributed by atoms with E-state index in [1.807, 2.05) is 0 Å². The Morgan fingerprint density at radius 3 is 1.94 bits per heavy atom. The molecule has 0 bridgehead atoms. The van der Waals surface area contributed by atoms with Gasteiger partial charge in [0.1, 0.15) is 0 Å². The third-order valence-corrected chi connectivity index (χ3v) is 3.91. The van der Waals surface area contributed by atoms with Crippen LogP contribution in [0.3, 0.4) is 0 Å². The molecule has 1 aromatic rings. The van der Waals surface area contributed by atoms with Crippen LogP contribution in [0.15, 0.2) is 41.3 Å². The monoisotopic (exact) mass is 266 g/mol. The molecule has 94 valence electrons. The smallest absolute Gasteiger partial charge is 0.258 e. The summed E-state index contributed by atoms with van der Waals surface area (Å²) in [6.07, 6.45) is 2.33. The van der Waals surface area contributed by atoms with Crippen LogP contribution in [-0.4, -0.2) is 27.3 Å². The molecule has 2 rings (SSSR count). The van der Waals surface area contributed by atoms with Crippen molar-refractivity contribution in [3.63, 3.8) is 0 Å². The van der Waals surface area contributed by atoms with Crippen LogP contribution in [0.1, 0.15) is 0 Å². The second-order valence-corrected chi connectivity index (χ2v) is 5.43. The number of rotatable bonds is 3. The molecular formula is C11H10N2O4S. The molecule has 1 N–H and O–H groups in total. The number of amides is 2. The minimum absolute atomic E-state index is 0.0702. The van der Waals surface area contributed by atoms with Crippen molar-refractivity contribution in [1.29, 1.82) is 0 Å². The second kappa shape index (κ2) is 4.35. The number of carbonyl (C=O) groups is 2. The number of hydrogen-bond acceptors (Lipinski definition) is 4. The van der Waals surface area contributed by atoms with E-state index in [2.05, 4.69) is 4.72 Å². The predicted molar refractivity (Wildman–Crippen MR) is 64.3 cm³/mol. The van der Waals surface area contributed by atoms with Crippen molar-refractivity contribution in [1.82, 2.24) is 4.72 Å². The Morgan fingerprint density at radius 2 is 1.50 bits per heavy atom. The molecule has 1 heterocycles. The fourth-order valence-electron chi connectivity index (χ4n) is 1.55. The molecule has 1 aliphatic heterocycles. The highest BCUT2D eigenvalue weighted by Crippen LogP contribution is 2.20. The molecule has 1 aromatic carbocycles. The highest BCUT2D eigenvalue weighted by Gasteiger charge is 2.25. The maximum atomic E-state index is 11.5. The molecule has 0 unspecified atom stereocenters. The van der Waals surface area contributed by atoms with Gasteiger partial charge in [0, 0.05) is 12.2 Å². The average Bonchev–Trinajstić information content (AvgIpc) is 2.69. The minimum Gasteiger partial charge on any atom is -0.269 e. The van der Waals surface area contributed by atoms with Gasteiger partial charge in [0.2, 0.25) is 10.0 Å². The summed E-state index contributed by atoms with van der Waals surface area (Å²) in [5.41, 5.74) is 0.338. The first-order chi connectivity index (χ1) is 8.45. The number of hydrogen-bond donors (Lipinski definition) is 1. The van der Waals surface area contributed by atoms with E-state index in [4.69, 9.17) is 0 Å². The Labute approximate surface area is 104 Å². The first-order valence-electron chi connectivity index (χ1n) is 5.05. The lowest BCUT2D eigenvalue weighted by molar-refractivity contribution is -0.119. The standard InChI is InChI=1S/C11H10N2O4S/c1-12-18(16,17)9-4-2-8(3-5-9)13-10(14)6-7-11(13)15/h2-7,12H,1H3. The van der Waals surface area contributed by atoms with Crippen LogP contribution in [0, 0.1) is 0 Å². The van der Waals surface area contributed by atoms with Gasteiger partial charge >= 0.3 is 0 Å². The number of sulfonamides is 1. The Bertz CT molecular complexity index is 614. The molecule has 0 saturated carbocycles. The summed E-state index contributed by atoms with van der Waals surface area (Å²) in [5.74, 6) is -0.881. The number of nitrogens with one attached hydrogen (secondary N) is 1. The largest absolute Gasteiger partial charge is 0.269 e. The van der Waals surface area contributed by atoms with E-state index in [-0.39, 0.29) is 4.90 Å². The van der Waals surface area contributed by atoms with Crippen LogP contribution in [0.5, 0.6) is 0 Å². The van der Waals surface area contributed by atoms with E-state index in [1.165, 1.54) is 43.5 Å². The van der Waals surface area contributed by atoms with Crippen LogP contribution in [0.2, 0.25) is 0 Å². The van der Waals surface area contributed by atoms with Gasteiger partial charge in [-0.25, -0.2) is 18.0 Å². The number of carbonyl (C=O) groups excluding carboxylic acids is 2. The van der Waals surface area contributed by atoms with Gasteiger partial charge in [0.15, 0.2) is 0 Å². The van der Waals surface area contributed by atoms with Crippen LogP contribution in [0.4, 0.5) is 5.69 Å². The Balaban J connectivity index is 2.35. The van der Waals surface area contributed by atoms with Crippen molar-refractivity contribution in [2.75, 3.05) is 11.9 Å². The molecule has 0 aliphatic carbocycles. The van der Waals surface area contributed by atoms with Gasteiger partial charge in [0.05, 0.1) is 10.6 Å². The lowest BCUT2D eigenvalue weighted by Crippen LogP contribution is -2.29. The van der Waals surface area contributed by atoms with Crippen molar-refractivity contribution in [2.45, 2.75) is 4.90 Å². The highest BCUT2D eigenvalue weighted by molar-refractivity contribution is 7.89. The van der Waals surface area contributed by atoms with Crippen LogP contribution in [-0.2, 0) is 19.6 Å². The van der Waals surface area contributed by atoms with Crippen molar-refractivity contribution >= 4 is 27.5 Å². The fraction of sp³-hybridized carbons (Fsp3) is 0.0909. The molecule has 6 nitrogen and oxygen atoms in total. The quantitative estimate of drug-likeness (QED) is 0.782. The molecule has 0 aromatic heterocycles. The third-order valence-electron chi connectivity index (χ3n) is 2.48. The van der Waals surface area contributed by atoms with E-state index in [0.29, 0.717) is 5.69 Å². The zero-order chi connectivity index (χ0) is 13.3. The summed E-state index contributed by atoms with van der Waals surface area (Å²) in [7, 11) is -2.21. The summed E-state index contributed by atoms with van der Waals surface area (Å²) >= 11 is 0. The topological polar surface area (TPSA) is 83.6 Å². The zero-order valence-electron chi connectivity index (χ0n) is 9.45. The minimum atomic E-state index is -3.52. The number of imide groups is 1. The van der Waals surface area contributed by atoms with E-state index < -0.39 is 21.8 Å². The summed E-state index contributed by atoms with van der Waals surface area (Å²) in [6.45, 7) is 0. The summed E-state index contributed by atoms with van der Waals surface area (Å²) in [6, 6.07) is 5.49. The van der Waals surface area contributed by atoms with E-state index in [1.54, 1.807) is 0 Å². The molecule has 2 amide bonds. The molecule has 7 heteroatoms. The van der Waals surface area contributed by atoms with Gasteiger partial charge < -0.3 is 0 Å². The van der Waals surface area contributed by atoms with Crippen molar-refractivity contribution < 1.29 is 18.0 Å². The summed E-state index contributed by atoms with van der Waals surface area (Å²) < 4.78 is 25.2. The lowest BCUT2D eigenvalue weighted by atomic mass is 10.3. The van der Waals surface area contributed by atoms with E-state index in [9.17, 15) is 18.0 Å². The van der Waals surface area contributed by atoms with Gasteiger partial charge in [0.25, 0.3) is 11.8 Å². The normalized spacial score (nSPS) is 15.5. The van der Waals surface area contributed by atoms with Gasteiger partial charge in [-0.2, -0.15) is 0 Å². The molecule has 0 fully saturated rings. The Kier molecular flexibility index (Phi) is 3.02. The van der Waals surface area contributed by atoms with Crippen LogP contribution >= 0.6 is 0 Å². The fourth-order valence-corrected chi connectivity index (χ4v) is 2.28. The first-order valence-corrected chi connectivity index (χ1v) is 6.54. The predicted octanol–water partition coefficient (Wildman–Crippen LogP) is 0.0241. The summed E-state index contributed by atoms with van der Waals surface area (Å²) in [5, 5.41) is 0. The van der Waals surface area contributed by atoms with Crippen molar-refractivity contribution in [3.05, 3.63) is 36.4 Å². The van der Waals surface area contributed by atoms with Crippen LogP contribution < -0.4 is 9.62 Å². The molecule has 0 saturated heterocycles. The number of benzene rings is 1. The molecule has 1 aliphatic rings. The zero-order valence-corrected chi connectivity index (χ0v) is 10.3. The van der Waals surface area contributed by atoms with Crippen LogP contribution in [0.25, 0.3) is 0 Å². The van der Waals surface area contributed by atoms with Gasteiger partial charge in [-0.3, -0.25) is 9.59 Å². The first kappa shape index (κ1) is 12.5. The van der Waals surface area contributed by atoms with E-state index in [0.717, 1.165) is 4.90 Å². The second-order valence-electron chi connectivity index (χ2n) is 3.55. The number of nitrogens with zero attached hydrogens (tertiary/aromatic N) is 1. The SMILES string of the molecule is CNS(=O)(=O)c1ccc(N2C(=O)C=CC2=O)cc1. The Hall–Kier alpha value is -1.99.